The summed E-state index contributed by atoms with van der Waals surface area (Å²) in [6.07, 6.45) is 3.10. The first-order valence-corrected chi connectivity index (χ1v) is 4.95. The van der Waals surface area contributed by atoms with E-state index in [9.17, 15) is 4.79 Å². The van der Waals surface area contributed by atoms with Crippen molar-refractivity contribution in [1.82, 2.24) is 14.9 Å². The lowest BCUT2D eigenvalue weighted by atomic mass is 10.3. The molecule has 0 atom stereocenters. The summed E-state index contributed by atoms with van der Waals surface area (Å²) in [7, 11) is 1.51. The zero-order valence-corrected chi connectivity index (χ0v) is 9.38. The van der Waals surface area contributed by atoms with Crippen molar-refractivity contribution in [3.8, 4) is 5.88 Å². The number of carboxylic acid groups (broad SMARTS) is 1. The summed E-state index contributed by atoms with van der Waals surface area (Å²) >= 11 is 0. The molecule has 6 nitrogen and oxygen atoms in total. The molecule has 1 aromatic heterocycles. The average molecular weight is 225 g/mol. The van der Waals surface area contributed by atoms with Crippen LogP contribution in [-0.2, 0) is 11.3 Å². The SMILES string of the molecule is CCN(CC(=O)O)Cc1nccnc1OC. The number of hydrogen-bond donors (Lipinski definition) is 1. The van der Waals surface area contributed by atoms with Crippen LogP contribution in [0, 0.1) is 0 Å². The quantitative estimate of drug-likeness (QED) is 0.754. The Morgan fingerprint density at radius 1 is 1.50 bits per heavy atom. The normalized spacial score (nSPS) is 10.4. The molecule has 1 aromatic rings. The minimum atomic E-state index is -0.857. The van der Waals surface area contributed by atoms with Gasteiger partial charge >= 0.3 is 5.97 Å². The third-order valence-electron chi connectivity index (χ3n) is 2.11. The van der Waals surface area contributed by atoms with Gasteiger partial charge in [0.25, 0.3) is 0 Å². The lowest BCUT2D eigenvalue weighted by molar-refractivity contribution is -0.138. The van der Waals surface area contributed by atoms with Crippen LogP contribution in [0.2, 0.25) is 0 Å². The average Bonchev–Trinajstić information content (AvgIpc) is 2.28. The molecule has 0 radical (unpaired) electrons. The van der Waals surface area contributed by atoms with E-state index in [1.165, 1.54) is 13.3 Å². The number of nitrogens with zero attached hydrogens (tertiary/aromatic N) is 3. The Kier molecular flexibility index (Phi) is 4.65. The van der Waals surface area contributed by atoms with Crippen LogP contribution in [0.4, 0.5) is 0 Å². The van der Waals surface area contributed by atoms with E-state index in [0.29, 0.717) is 24.7 Å². The molecule has 0 aromatic carbocycles. The predicted octanol–water partition coefficient (Wildman–Crippen LogP) is 0.392. The van der Waals surface area contributed by atoms with Crippen LogP contribution in [0.3, 0.4) is 0 Å². The van der Waals surface area contributed by atoms with E-state index in [2.05, 4.69) is 9.97 Å². The molecule has 0 aliphatic rings. The van der Waals surface area contributed by atoms with Gasteiger partial charge in [0.2, 0.25) is 5.88 Å². The van der Waals surface area contributed by atoms with Gasteiger partial charge in [-0.25, -0.2) is 4.98 Å². The lowest BCUT2D eigenvalue weighted by Crippen LogP contribution is -2.29. The van der Waals surface area contributed by atoms with Gasteiger partial charge in [0, 0.05) is 18.9 Å². The van der Waals surface area contributed by atoms with Crippen molar-refractivity contribution in [2.45, 2.75) is 13.5 Å². The minimum absolute atomic E-state index is 0.0176. The number of aromatic nitrogens is 2. The van der Waals surface area contributed by atoms with Gasteiger partial charge < -0.3 is 9.84 Å². The Hall–Kier alpha value is -1.69. The zero-order chi connectivity index (χ0) is 12.0. The highest BCUT2D eigenvalue weighted by atomic mass is 16.5. The highest BCUT2D eigenvalue weighted by molar-refractivity contribution is 5.69. The molecule has 0 unspecified atom stereocenters. The molecule has 0 saturated carbocycles. The highest BCUT2D eigenvalue weighted by Gasteiger charge is 2.12. The summed E-state index contributed by atoms with van der Waals surface area (Å²) in [4.78, 5) is 20.5. The van der Waals surface area contributed by atoms with Crippen LogP contribution in [-0.4, -0.2) is 46.1 Å². The topological polar surface area (TPSA) is 75.6 Å². The first-order chi connectivity index (χ1) is 7.67. The van der Waals surface area contributed by atoms with Crippen molar-refractivity contribution in [3.63, 3.8) is 0 Å². The molecule has 0 bridgehead atoms. The maximum absolute atomic E-state index is 10.6. The zero-order valence-electron chi connectivity index (χ0n) is 9.38. The maximum Gasteiger partial charge on any atom is 0.317 e. The number of likely N-dealkylation sites (N-methyl/N-ethyl adjacent to an activating group) is 1. The molecule has 0 amide bonds. The standard InChI is InChI=1S/C10H15N3O3/c1-3-13(7-9(14)15)6-8-10(16-2)12-5-4-11-8/h4-5H,3,6-7H2,1-2H3,(H,14,15). The van der Waals surface area contributed by atoms with Crippen LogP contribution in [0.15, 0.2) is 12.4 Å². The van der Waals surface area contributed by atoms with Crippen molar-refractivity contribution >= 4 is 5.97 Å². The van der Waals surface area contributed by atoms with E-state index in [1.54, 1.807) is 11.1 Å². The number of carbonyl (C=O) groups is 1. The first kappa shape index (κ1) is 12.4. The Labute approximate surface area is 93.9 Å². The van der Waals surface area contributed by atoms with Gasteiger partial charge in [-0.05, 0) is 6.54 Å². The molecular formula is C10H15N3O3. The fraction of sp³-hybridized carbons (Fsp3) is 0.500. The molecule has 88 valence electrons. The van der Waals surface area contributed by atoms with E-state index < -0.39 is 5.97 Å². The predicted molar refractivity (Wildman–Crippen MR) is 57.2 cm³/mol. The van der Waals surface area contributed by atoms with Crippen molar-refractivity contribution in [1.29, 1.82) is 0 Å². The lowest BCUT2D eigenvalue weighted by Gasteiger charge is -2.17. The molecule has 0 spiro atoms. The Balaban J connectivity index is 2.73. The van der Waals surface area contributed by atoms with Crippen LogP contribution >= 0.6 is 0 Å². The van der Waals surface area contributed by atoms with Crippen molar-refractivity contribution < 1.29 is 14.6 Å². The van der Waals surface area contributed by atoms with Gasteiger partial charge in [0.15, 0.2) is 0 Å². The fourth-order valence-corrected chi connectivity index (χ4v) is 1.32. The van der Waals surface area contributed by atoms with Gasteiger partial charge in [0.1, 0.15) is 5.69 Å². The van der Waals surface area contributed by atoms with Gasteiger partial charge in [-0.3, -0.25) is 14.7 Å². The van der Waals surface area contributed by atoms with Gasteiger partial charge in [0.05, 0.1) is 13.7 Å². The summed E-state index contributed by atoms with van der Waals surface area (Å²) in [6, 6.07) is 0. The number of aliphatic carboxylic acids is 1. The molecule has 1 rings (SSSR count). The Bertz CT molecular complexity index is 357. The molecule has 0 fully saturated rings. The highest BCUT2D eigenvalue weighted by Crippen LogP contribution is 2.12. The smallest absolute Gasteiger partial charge is 0.317 e. The molecule has 6 heteroatoms. The number of methoxy groups -OCH3 is 1. The third-order valence-corrected chi connectivity index (χ3v) is 2.11. The number of ether oxygens (including phenoxy) is 1. The fourth-order valence-electron chi connectivity index (χ4n) is 1.32. The summed E-state index contributed by atoms with van der Waals surface area (Å²) in [5.74, 6) is -0.420. The molecular weight excluding hydrogens is 210 g/mol. The van der Waals surface area contributed by atoms with E-state index in [0.717, 1.165) is 0 Å². The van der Waals surface area contributed by atoms with E-state index in [-0.39, 0.29) is 6.54 Å². The second-order valence-electron chi connectivity index (χ2n) is 3.21. The summed E-state index contributed by atoms with van der Waals surface area (Å²) in [6.45, 7) is 2.92. The molecule has 1 heterocycles. The summed E-state index contributed by atoms with van der Waals surface area (Å²) in [5.41, 5.74) is 0.646. The van der Waals surface area contributed by atoms with Gasteiger partial charge in [-0.15, -0.1) is 0 Å². The molecule has 0 saturated heterocycles. The Morgan fingerprint density at radius 2 is 2.19 bits per heavy atom. The molecule has 0 aliphatic carbocycles. The summed E-state index contributed by atoms with van der Waals surface area (Å²) in [5, 5.41) is 8.71. The number of rotatable bonds is 6. The third kappa shape index (κ3) is 3.47. The molecule has 1 N–H and O–H groups in total. The maximum atomic E-state index is 10.6. The number of carboxylic acids is 1. The van der Waals surface area contributed by atoms with Crippen LogP contribution in [0.1, 0.15) is 12.6 Å². The first-order valence-electron chi connectivity index (χ1n) is 4.95. The number of hydrogen-bond acceptors (Lipinski definition) is 5. The van der Waals surface area contributed by atoms with Gasteiger partial charge in [-0.2, -0.15) is 0 Å². The second kappa shape index (κ2) is 6.02. The Morgan fingerprint density at radius 3 is 2.75 bits per heavy atom. The van der Waals surface area contributed by atoms with Crippen LogP contribution < -0.4 is 4.74 Å². The molecule has 0 aliphatic heterocycles. The van der Waals surface area contributed by atoms with E-state index in [1.807, 2.05) is 6.92 Å². The van der Waals surface area contributed by atoms with Crippen molar-refractivity contribution in [2.75, 3.05) is 20.2 Å². The summed E-state index contributed by atoms with van der Waals surface area (Å²) < 4.78 is 5.05. The second-order valence-corrected chi connectivity index (χ2v) is 3.21. The van der Waals surface area contributed by atoms with E-state index in [4.69, 9.17) is 9.84 Å². The van der Waals surface area contributed by atoms with E-state index >= 15 is 0 Å². The minimum Gasteiger partial charge on any atom is -0.480 e. The monoisotopic (exact) mass is 225 g/mol. The van der Waals surface area contributed by atoms with Gasteiger partial charge in [-0.1, -0.05) is 6.92 Å². The van der Waals surface area contributed by atoms with Crippen LogP contribution in [0.5, 0.6) is 5.88 Å². The van der Waals surface area contributed by atoms with Crippen molar-refractivity contribution in [2.24, 2.45) is 0 Å². The van der Waals surface area contributed by atoms with Crippen LogP contribution in [0.25, 0.3) is 0 Å². The molecule has 16 heavy (non-hydrogen) atoms. The van der Waals surface area contributed by atoms with Crippen molar-refractivity contribution in [3.05, 3.63) is 18.1 Å². The largest absolute Gasteiger partial charge is 0.480 e.